The van der Waals surface area contributed by atoms with Crippen molar-refractivity contribution >= 4 is 5.71 Å². The maximum absolute atomic E-state index is 13.4. The van der Waals surface area contributed by atoms with Gasteiger partial charge >= 0.3 is 0 Å². The second-order valence-electron chi connectivity index (χ2n) is 3.42. The highest BCUT2D eigenvalue weighted by Crippen LogP contribution is 2.13. The Labute approximate surface area is 103 Å². The number of halogens is 2. The smallest absolute Gasteiger partial charge is 0.168 e. The highest BCUT2D eigenvalue weighted by atomic mass is 19.2. The molecule has 0 bridgehead atoms. The number of rotatable bonds is 6. The summed E-state index contributed by atoms with van der Waals surface area (Å²) in [6.07, 6.45) is 0.676. The van der Waals surface area contributed by atoms with Crippen LogP contribution in [0.4, 0.5) is 8.78 Å². The molecule has 0 spiro atoms. The molecule has 0 radical (unpaired) electrons. The Morgan fingerprint density at radius 1 is 1.50 bits per heavy atom. The molecular weight excluding hydrogens is 244 g/mol. The quantitative estimate of drug-likeness (QED) is 0.353. The van der Waals surface area contributed by atoms with Gasteiger partial charge in [0.2, 0.25) is 0 Å². The van der Waals surface area contributed by atoms with Crippen LogP contribution in [0.15, 0.2) is 36.0 Å². The van der Waals surface area contributed by atoms with E-state index in [4.69, 9.17) is 15.1 Å². The lowest BCUT2D eigenvalue weighted by atomic mass is 10.1. The Hall–Kier alpha value is -1.79. The van der Waals surface area contributed by atoms with Gasteiger partial charge in [-0.3, -0.25) is 0 Å². The molecule has 2 N–H and O–H groups in total. The van der Waals surface area contributed by atoms with E-state index in [1.165, 1.54) is 18.2 Å². The normalized spacial score (nSPS) is 13.4. The average Bonchev–Trinajstić information content (AvgIpc) is 2.39. The van der Waals surface area contributed by atoms with Crippen LogP contribution < -0.4 is 0 Å². The second-order valence-corrected chi connectivity index (χ2v) is 3.42. The molecule has 6 heteroatoms. The van der Waals surface area contributed by atoms with E-state index in [1.54, 1.807) is 0 Å². The molecule has 1 aromatic rings. The van der Waals surface area contributed by atoms with E-state index < -0.39 is 17.7 Å². The van der Waals surface area contributed by atoms with E-state index in [9.17, 15) is 8.78 Å². The lowest BCUT2D eigenvalue weighted by molar-refractivity contribution is 0.0650. The van der Waals surface area contributed by atoms with E-state index in [2.05, 4.69) is 11.7 Å². The minimum Gasteiger partial charge on any atom is -0.411 e. The summed E-state index contributed by atoms with van der Waals surface area (Å²) in [5, 5.41) is 20.5. The van der Waals surface area contributed by atoms with E-state index >= 15 is 0 Å². The van der Waals surface area contributed by atoms with Gasteiger partial charge in [-0.05, 0) is 12.1 Å². The summed E-state index contributed by atoms with van der Waals surface area (Å²) in [6.45, 7) is 2.82. The predicted molar refractivity (Wildman–Crippen MR) is 61.7 cm³/mol. The van der Waals surface area contributed by atoms with Crippen LogP contribution in [-0.4, -0.2) is 35.3 Å². The van der Waals surface area contributed by atoms with Crippen LogP contribution in [0.5, 0.6) is 0 Å². The fraction of sp³-hybridized carbons (Fsp3) is 0.250. The summed E-state index contributed by atoms with van der Waals surface area (Å²) in [4.78, 5) is 0. The third kappa shape index (κ3) is 3.35. The van der Waals surface area contributed by atoms with Gasteiger partial charge in [0.15, 0.2) is 11.6 Å². The Morgan fingerprint density at radius 2 is 2.22 bits per heavy atom. The number of hydrogen-bond donors (Lipinski definition) is 2. The van der Waals surface area contributed by atoms with Crippen molar-refractivity contribution < 1.29 is 23.8 Å². The van der Waals surface area contributed by atoms with Crippen molar-refractivity contribution in [1.29, 1.82) is 0 Å². The third-order valence-electron chi connectivity index (χ3n) is 2.26. The van der Waals surface area contributed by atoms with Gasteiger partial charge in [0.05, 0.1) is 19.3 Å². The Balaban J connectivity index is 2.85. The van der Waals surface area contributed by atoms with Crippen LogP contribution in [0.3, 0.4) is 0 Å². The largest absolute Gasteiger partial charge is 0.411 e. The SMILES string of the molecule is C=CC(CO)OC/C(=N\O)c1cccc(F)c1F. The van der Waals surface area contributed by atoms with Gasteiger partial charge in [0.1, 0.15) is 5.71 Å². The molecule has 0 aliphatic heterocycles. The second kappa shape index (κ2) is 6.83. The summed E-state index contributed by atoms with van der Waals surface area (Å²) in [5.41, 5.74) is -0.370. The molecule has 1 rings (SSSR count). The highest BCUT2D eigenvalue weighted by Gasteiger charge is 2.15. The zero-order valence-corrected chi connectivity index (χ0v) is 9.51. The topological polar surface area (TPSA) is 62.0 Å². The molecule has 1 atom stereocenters. The van der Waals surface area contributed by atoms with Crippen molar-refractivity contribution in [3.63, 3.8) is 0 Å². The van der Waals surface area contributed by atoms with Gasteiger partial charge < -0.3 is 15.1 Å². The van der Waals surface area contributed by atoms with Gasteiger partial charge in [-0.1, -0.05) is 17.3 Å². The van der Waals surface area contributed by atoms with Gasteiger partial charge in [-0.15, -0.1) is 6.58 Å². The molecule has 98 valence electrons. The summed E-state index contributed by atoms with van der Waals surface area (Å²) in [7, 11) is 0. The first-order valence-electron chi connectivity index (χ1n) is 5.14. The standard InChI is InChI=1S/C12H13F2NO3/c1-2-8(6-16)18-7-11(15-17)9-4-3-5-10(13)12(9)14/h2-5,8,16-17H,1,6-7H2/b15-11+. The molecule has 4 nitrogen and oxygen atoms in total. The van der Waals surface area contributed by atoms with Crippen LogP contribution in [-0.2, 0) is 4.74 Å². The van der Waals surface area contributed by atoms with Crippen molar-refractivity contribution in [3.8, 4) is 0 Å². The van der Waals surface area contributed by atoms with Gasteiger partial charge in [0.25, 0.3) is 0 Å². The van der Waals surface area contributed by atoms with E-state index in [0.29, 0.717) is 0 Å². The Bertz CT molecular complexity index is 449. The van der Waals surface area contributed by atoms with Crippen LogP contribution in [0.25, 0.3) is 0 Å². The van der Waals surface area contributed by atoms with Gasteiger partial charge in [-0.25, -0.2) is 8.78 Å². The predicted octanol–water partition coefficient (Wildman–Crippen LogP) is 1.71. The molecule has 0 heterocycles. The van der Waals surface area contributed by atoms with Crippen molar-refractivity contribution in [2.75, 3.05) is 13.2 Å². The van der Waals surface area contributed by atoms with E-state index in [1.807, 2.05) is 0 Å². The number of aliphatic hydroxyl groups is 1. The molecule has 1 unspecified atom stereocenters. The zero-order chi connectivity index (χ0) is 13.5. The van der Waals surface area contributed by atoms with Crippen LogP contribution in [0, 0.1) is 11.6 Å². The van der Waals surface area contributed by atoms with Crippen LogP contribution in [0.2, 0.25) is 0 Å². The molecule has 0 aromatic heterocycles. The summed E-state index contributed by atoms with van der Waals surface area (Å²) >= 11 is 0. The number of oxime groups is 1. The number of aliphatic hydroxyl groups excluding tert-OH is 1. The monoisotopic (exact) mass is 257 g/mol. The fourth-order valence-electron chi connectivity index (χ4n) is 1.27. The van der Waals surface area contributed by atoms with Gasteiger partial charge in [0, 0.05) is 5.56 Å². The number of hydrogen-bond acceptors (Lipinski definition) is 4. The van der Waals surface area contributed by atoms with Crippen molar-refractivity contribution in [2.45, 2.75) is 6.10 Å². The minimum atomic E-state index is -1.12. The van der Waals surface area contributed by atoms with Gasteiger partial charge in [-0.2, -0.15) is 0 Å². The summed E-state index contributed by atoms with van der Waals surface area (Å²) in [5.74, 6) is -2.16. The Morgan fingerprint density at radius 3 is 2.78 bits per heavy atom. The Kier molecular flexibility index (Phi) is 5.41. The molecule has 0 saturated heterocycles. The molecule has 1 aromatic carbocycles. The number of nitrogens with zero attached hydrogens (tertiary/aromatic N) is 1. The average molecular weight is 257 g/mol. The molecule has 0 fully saturated rings. The minimum absolute atomic E-state index is 0.174. The van der Waals surface area contributed by atoms with E-state index in [0.717, 1.165) is 6.07 Å². The first-order valence-corrected chi connectivity index (χ1v) is 5.14. The van der Waals surface area contributed by atoms with Crippen molar-refractivity contribution in [1.82, 2.24) is 0 Å². The molecular formula is C12H13F2NO3. The lowest BCUT2D eigenvalue weighted by Gasteiger charge is -2.12. The number of ether oxygens (including phenoxy) is 1. The van der Waals surface area contributed by atoms with Crippen molar-refractivity contribution in [3.05, 3.63) is 48.1 Å². The van der Waals surface area contributed by atoms with Crippen LogP contribution >= 0.6 is 0 Å². The summed E-state index contributed by atoms with van der Waals surface area (Å²) in [6, 6.07) is 3.50. The maximum Gasteiger partial charge on any atom is 0.168 e. The fourth-order valence-corrected chi connectivity index (χ4v) is 1.27. The molecule has 0 aliphatic rings. The third-order valence-corrected chi connectivity index (χ3v) is 2.26. The zero-order valence-electron chi connectivity index (χ0n) is 9.51. The molecule has 0 amide bonds. The first-order chi connectivity index (χ1) is 8.63. The molecule has 0 saturated carbocycles. The molecule has 0 aliphatic carbocycles. The first kappa shape index (κ1) is 14.3. The summed E-state index contributed by atoms with van der Waals surface area (Å²) < 4.78 is 31.5. The van der Waals surface area contributed by atoms with Crippen LogP contribution in [0.1, 0.15) is 5.56 Å². The van der Waals surface area contributed by atoms with E-state index in [-0.39, 0.29) is 24.5 Å². The highest BCUT2D eigenvalue weighted by molar-refractivity contribution is 6.01. The lowest BCUT2D eigenvalue weighted by Crippen LogP contribution is -2.21. The maximum atomic E-state index is 13.4. The number of benzene rings is 1. The van der Waals surface area contributed by atoms with Crippen molar-refractivity contribution in [2.24, 2.45) is 5.16 Å². The molecule has 18 heavy (non-hydrogen) atoms.